The van der Waals surface area contributed by atoms with Gasteiger partial charge in [-0.15, -0.1) is 0 Å². The molecule has 0 fully saturated rings. The number of hydrogen-bond donors (Lipinski definition) is 4. The lowest BCUT2D eigenvalue weighted by Crippen LogP contribution is -2.28. The summed E-state index contributed by atoms with van der Waals surface area (Å²) in [5.74, 6) is -0.540. The Hall–Kier alpha value is -3.62. The van der Waals surface area contributed by atoms with Gasteiger partial charge in [-0.1, -0.05) is 0 Å². The average Bonchev–Trinajstić information content (AvgIpc) is 2.57. The van der Waals surface area contributed by atoms with Gasteiger partial charge >= 0.3 is 0 Å². The molecular formula is C16H16N6O3. The van der Waals surface area contributed by atoms with E-state index in [0.717, 1.165) is 0 Å². The van der Waals surface area contributed by atoms with E-state index in [-0.39, 0.29) is 28.5 Å². The smallest absolute Gasteiger partial charge is 0.256 e. The number of anilines is 3. The van der Waals surface area contributed by atoms with E-state index in [2.05, 4.69) is 15.3 Å². The molecule has 9 nitrogen and oxygen atoms in total. The van der Waals surface area contributed by atoms with Crippen LogP contribution in [0.2, 0.25) is 0 Å². The van der Waals surface area contributed by atoms with Crippen molar-refractivity contribution in [1.29, 1.82) is 0 Å². The third kappa shape index (κ3) is 2.82. The number of carbonyl (C=O) groups excluding carboxylic acids is 1. The lowest BCUT2D eigenvalue weighted by molar-refractivity contribution is 0.1000. The SMILES string of the molecule is CCn1c(N)c(C(N)=O)c(=O)c2cnc(Nc3ccc(O)cc3)nc21. The predicted molar refractivity (Wildman–Crippen MR) is 93.8 cm³/mol. The van der Waals surface area contributed by atoms with Gasteiger partial charge in [-0.05, 0) is 31.2 Å². The maximum Gasteiger partial charge on any atom is 0.256 e. The lowest BCUT2D eigenvalue weighted by Gasteiger charge is -2.14. The molecule has 2 aromatic heterocycles. The van der Waals surface area contributed by atoms with Crippen LogP contribution >= 0.6 is 0 Å². The first-order valence-electron chi connectivity index (χ1n) is 7.47. The van der Waals surface area contributed by atoms with Crippen LogP contribution in [0.4, 0.5) is 17.5 Å². The normalized spacial score (nSPS) is 10.8. The highest BCUT2D eigenvalue weighted by Gasteiger charge is 2.19. The number of phenols is 1. The highest BCUT2D eigenvalue weighted by atomic mass is 16.3. The van der Waals surface area contributed by atoms with E-state index >= 15 is 0 Å². The van der Waals surface area contributed by atoms with Crippen LogP contribution in [0.1, 0.15) is 17.3 Å². The molecule has 25 heavy (non-hydrogen) atoms. The molecule has 0 aliphatic heterocycles. The highest BCUT2D eigenvalue weighted by Crippen LogP contribution is 2.20. The summed E-state index contributed by atoms with van der Waals surface area (Å²) in [6, 6.07) is 6.34. The summed E-state index contributed by atoms with van der Waals surface area (Å²) in [7, 11) is 0. The van der Waals surface area contributed by atoms with Gasteiger partial charge in [0.05, 0.1) is 5.39 Å². The Morgan fingerprint density at radius 2 is 2.00 bits per heavy atom. The van der Waals surface area contributed by atoms with E-state index in [4.69, 9.17) is 11.5 Å². The second-order valence-electron chi connectivity index (χ2n) is 5.30. The summed E-state index contributed by atoms with van der Waals surface area (Å²) in [6.45, 7) is 2.19. The molecule has 0 spiro atoms. The van der Waals surface area contributed by atoms with Crippen molar-refractivity contribution in [3.05, 3.63) is 46.2 Å². The van der Waals surface area contributed by atoms with Crippen LogP contribution in [-0.4, -0.2) is 25.5 Å². The van der Waals surface area contributed by atoms with E-state index in [9.17, 15) is 14.7 Å². The van der Waals surface area contributed by atoms with E-state index in [1.54, 1.807) is 19.1 Å². The largest absolute Gasteiger partial charge is 0.508 e. The van der Waals surface area contributed by atoms with Crippen molar-refractivity contribution < 1.29 is 9.90 Å². The topological polar surface area (TPSA) is 149 Å². The number of nitrogens with two attached hydrogens (primary N) is 2. The molecule has 2 heterocycles. The monoisotopic (exact) mass is 340 g/mol. The number of aromatic nitrogens is 3. The zero-order chi connectivity index (χ0) is 18.1. The van der Waals surface area contributed by atoms with Crippen LogP contribution in [-0.2, 0) is 6.54 Å². The van der Waals surface area contributed by atoms with Crippen LogP contribution in [0.15, 0.2) is 35.3 Å². The molecule has 0 bridgehead atoms. The molecule has 3 rings (SSSR count). The standard InChI is InChI=1S/C16H16N6O3/c1-2-22-13(17)11(14(18)25)12(24)10-7-19-16(21-15(10)22)20-8-3-5-9(23)6-4-8/h3-7,23H,2,17H2,1H3,(H2,18,25)(H,19,20,21). The molecule has 0 saturated carbocycles. The van der Waals surface area contributed by atoms with E-state index in [1.807, 2.05) is 0 Å². The number of nitrogens with zero attached hydrogens (tertiary/aromatic N) is 3. The number of amides is 1. The minimum Gasteiger partial charge on any atom is -0.508 e. The number of nitrogens with one attached hydrogen (secondary N) is 1. The second-order valence-corrected chi connectivity index (χ2v) is 5.30. The lowest BCUT2D eigenvalue weighted by atomic mass is 10.2. The molecular weight excluding hydrogens is 324 g/mol. The van der Waals surface area contributed by atoms with Crippen molar-refractivity contribution in [2.75, 3.05) is 11.1 Å². The van der Waals surface area contributed by atoms with Crippen LogP contribution in [0.25, 0.3) is 11.0 Å². The first kappa shape index (κ1) is 16.2. The van der Waals surface area contributed by atoms with Crippen LogP contribution in [0.5, 0.6) is 5.75 Å². The molecule has 0 atom stereocenters. The van der Waals surface area contributed by atoms with Crippen LogP contribution < -0.4 is 22.2 Å². The number of carbonyl (C=O) groups is 1. The van der Waals surface area contributed by atoms with Gasteiger partial charge in [0.15, 0.2) is 5.65 Å². The number of fused-ring (bicyclic) bond motifs is 1. The molecule has 9 heteroatoms. The minimum atomic E-state index is -0.891. The summed E-state index contributed by atoms with van der Waals surface area (Å²) in [4.78, 5) is 32.4. The third-order valence-electron chi connectivity index (χ3n) is 3.73. The Kier molecular flexibility index (Phi) is 3.97. The fourth-order valence-corrected chi connectivity index (χ4v) is 2.53. The Balaban J connectivity index is 2.17. The number of nitrogen functional groups attached to an aromatic ring is 1. The molecule has 1 amide bonds. The number of aromatic hydroxyl groups is 1. The Morgan fingerprint density at radius 3 is 2.60 bits per heavy atom. The van der Waals surface area contributed by atoms with Gasteiger partial charge in [-0.3, -0.25) is 9.59 Å². The summed E-state index contributed by atoms with van der Waals surface area (Å²) in [5.41, 5.74) is 11.3. The van der Waals surface area contributed by atoms with Crippen molar-refractivity contribution >= 4 is 34.4 Å². The molecule has 0 aliphatic rings. The van der Waals surface area contributed by atoms with Crippen molar-refractivity contribution in [3.8, 4) is 5.75 Å². The van der Waals surface area contributed by atoms with E-state index < -0.39 is 11.3 Å². The number of benzene rings is 1. The fraction of sp³-hybridized carbons (Fsp3) is 0.125. The highest BCUT2D eigenvalue weighted by molar-refractivity contribution is 6.00. The minimum absolute atomic E-state index is 0.0261. The number of aryl methyl sites for hydroxylation is 1. The summed E-state index contributed by atoms with van der Waals surface area (Å²) < 4.78 is 1.53. The van der Waals surface area contributed by atoms with E-state index in [1.165, 1.54) is 22.9 Å². The molecule has 1 aromatic carbocycles. The fourth-order valence-electron chi connectivity index (χ4n) is 2.53. The van der Waals surface area contributed by atoms with Gasteiger partial charge in [0.2, 0.25) is 11.4 Å². The molecule has 0 saturated heterocycles. The Morgan fingerprint density at radius 1 is 1.32 bits per heavy atom. The van der Waals surface area contributed by atoms with Gasteiger partial charge in [0, 0.05) is 18.4 Å². The molecule has 128 valence electrons. The zero-order valence-electron chi connectivity index (χ0n) is 13.4. The zero-order valence-corrected chi connectivity index (χ0v) is 13.4. The third-order valence-corrected chi connectivity index (χ3v) is 3.73. The Bertz CT molecular complexity index is 1030. The van der Waals surface area contributed by atoms with E-state index in [0.29, 0.717) is 17.9 Å². The molecule has 0 aliphatic carbocycles. The molecule has 3 aromatic rings. The van der Waals surface area contributed by atoms with Crippen LogP contribution in [0.3, 0.4) is 0 Å². The maximum atomic E-state index is 12.4. The van der Waals surface area contributed by atoms with Crippen LogP contribution in [0, 0.1) is 0 Å². The first-order chi connectivity index (χ1) is 11.9. The first-order valence-corrected chi connectivity index (χ1v) is 7.47. The van der Waals surface area contributed by atoms with Gasteiger partial charge < -0.3 is 26.5 Å². The van der Waals surface area contributed by atoms with Gasteiger partial charge in [0.25, 0.3) is 5.91 Å². The number of hydrogen-bond acceptors (Lipinski definition) is 7. The maximum absolute atomic E-state index is 12.4. The summed E-state index contributed by atoms with van der Waals surface area (Å²) in [6.07, 6.45) is 1.32. The van der Waals surface area contributed by atoms with Crippen molar-refractivity contribution in [3.63, 3.8) is 0 Å². The number of phenolic OH excluding ortho intramolecular Hbond substituents is 1. The quantitative estimate of drug-likeness (QED) is 0.516. The average molecular weight is 340 g/mol. The molecule has 0 radical (unpaired) electrons. The number of pyridine rings is 1. The van der Waals surface area contributed by atoms with Crippen molar-refractivity contribution in [2.24, 2.45) is 5.73 Å². The number of primary amides is 1. The Labute approximate surface area is 141 Å². The number of rotatable bonds is 4. The molecule has 6 N–H and O–H groups in total. The van der Waals surface area contributed by atoms with Crippen molar-refractivity contribution in [1.82, 2.24) is 14.5 Å². The van der Waals surface area contributed by atoms with Gasteiger partial charge in [-0.25, -0.2) is 4.98 Å². The molecule has 0 unspecified atom stereocenters. The van der Waals surface area contributed by atoms with Gasteiger partial charge in [0.1, 0.15) is 17.1 Å². The van der Waals surface area contributed by atoms with Crippen molar-refractivity contribution in [2.45, 2.75) is 13.5 Å². The summed E-state index contributed by atoms with van der Waals surface area (Å²) >= 11 is 0. The van der Waals surface area contributed by atoms with Gasteiger partial charge in [-0.2, -0.15) is 4.98 Å². The predicted octanol–water partition coefficient (Wildman–Crippen LogP) is 0.942. The summed E-state index contributed by atoms with van der Waals surface area (Å²) in [5, 5.41) is 12.4. The second kappa shape index (κ2) is 6.11.